The molecule has 1 unspecified atom stereocenters. The number of rotatable bonds is 2. The Morgan fingerprint density at radius 3 is 3.05 bits per heavy atom. The van der Waals surface area contributed by atoms with E-state index in [0.29, 0.717) is 36.6 Å². The summed E-state index contributed by atoms with van der Waals surface area (Å²) in [6, 6.07) is 7.91. The molecule has 1 saturated heterocycles. The number of nitrogens with zero attached hydrogens (tertiary/aromatic N) is 3. The van der Waals surface area contributed by atoms with Crippen molar-refractivity contribution in [2.75, 3.05) is 19.8 Å². The maximum atomic E-state index is 5.83. The molecule has 1 aromatic heterocycles. The fourth-order valence-corrected chi connectivity index (χ4v) is 3.30. The largest absolute Gasteiger partial charge is 0.377 e. The molecule has 3 rings (SSSR count). The first-order valence-electron chi connectivity index (χ1n) is 6.76. The van der Waals surface area contributed by atoms with Crippen LogP contribution in [0.1, 0.15) is 12.8 Å². The fourth-order valence-electron chi connectivity index (χ4n) is 2.47. The molecule has 1 fully saturated rings. The van der Waals surface area contributed by atoms with Gasteiger partial charge in [-0.1, -0.05) is 17.3 Å². The Labute approximate surface area is 147 Å². The van der Waals surface area contributed by atoms with E-state index in [-0.39, 0.29) is 0 Å². The first-order chi connectivity index (χ1) is 10.5. The van der Waals surface area contributed by atoms with E-state index >= 15 is 0 Å². The lowest BCUT2D eigenvalue weighted by atomic mass is 10.00. The van der Waals surface area contributed by atoms with Gasteiger partial charge in [-0.3, -0.25) is 0 Å². The molecule has 2 N–H and O–H groups in total. The van der Waals surface area contributed by atoms with Crippen molar-refractivity contribution in [2.45, 2.75) is 12.5 Å². The Morgan fingerprint density at radius 2 is 2.32 bits per heavy atom. The lowest BCUT2D eigenvalue weighted by Gasteiger charge is -2.42. The van der Waals surface area contributed by atoms with E-state index < -0.39 is 5.54 Å². The van der Waals surface area contributed by atoms with Crippen molar-refractivity contribution in [2.24, 2.45) is 5.73 Å². The molecule has 1 aliphatic rings. The van der Waals surface area contributed by atoms with Gasteiger partial charge in [-0.2, -0.15) is 4.98 Å². The first-order valence-corrected chi connectivity index (χ1v) is 8.24. The van der Waals surface area contributed by atoms with Crippen molar-refractivity contribution in [1.29, 1.82) is 0 Å². The standard InChI is InChI=1S/C14H15IN4O2S/c1-14(8-20-6-5-19(14)13(16)22)12-17-11(18-21-12)9-3-2-4-10(15)7-9/h2-4,7H,5-6,8H2,1H3,(H2,16,22). The molecule has 0 aliphatic carbocycles. The summed E-state index contributed by atoms with van der Waals surface area (Å²) in [6.45, 7) is 3.52. The third-order valence-electron chi connectivity index (χ3n) is 3.67. The van der Waals surface area contributed by atoms with Crippen LogP contribution in [0.15, 0.2) is 28.8 Å². The minimum absolute atomic E-state index is 0.305. The molecule has 0 amide bonds. The van der Waals surface area contributed by atoms with Crippen molar-refractivity contribution in [3.8, 4) is 11.4 Å². The molecular weight excluding hydrogens is 415 g/mol. The van der Waals surface area contributed by atoms with Crippen molar-refractivity contribution < 1.29 is 9.26 Å². The second kappa shape index (κ2) is 6.09. The number of benzene rings is 1. The van der Waals surface area contributed by atoms with Gasteiger partial charge >= 0.3 is 0 Å². The van der Waals surface area contributed by atoms with Crippen LogP contribution in [-0.2, 0) is 10.3 Å². The minimum Gasteiger partial charge on any atom is -0.377 e. The summed E-state index contributed by atoms with van der Waals surface area (Å²) >= 11 is 7.39. The number of hydrogen-bond acceptors (Lipinski definition) is 5. The summed E-state index contributed by atoms with van der Waals surface area (Å²) in [5.41, 5.74) is 6.09. The smallest absolute Gasteiger partial charge is 0.255 e. The molecule has 1 atom stereocenters. The summed E-state index contributed by atoms with van der Waals surface area (Å²) in [4.78, 5) is 6.40. The minimum atomic E-state index is -0.642. The van der Waals surface area contributed by atoms with Gasteiger partial charge in [0.05, 0.1) is 13.2 Å². The highest BCUT2D eigenvalue weighted by atomic mass is 127. The Hall–Kier alpha value is -1.26. The molecule has 8 heteroatoms. The summed E-state index contributed by atoms with van der Waals surface area (Å²) < 4.78 is 12.2. The van der Waals surface area contributed by atoms with Gasteiger partial charge in [-0.05, 0) is 53.9 Å². The molecule has 116 valence electrons. The molecule has 1 aliphatic heterocycles. The van der Waals surface area contributed by atoms with Crippen LogP contribution in [0.2, 0.25) is 0 Å². The fraction of sp³-hybridized carbons (Fsp3) is 0.357. The van der Waals surface area contributed by atoms with Crippen LogP contribution in [0.25, 0.3) is 11.4 Å². The Bertz CT molecular complexity index is 708. The van der Waals surface area contributed by atoms with E-state index in [9.17, 15) is 0 Å². The van der Waals surface area contributed by atoms with Crippen LogP contribution >= 0.6 is 34.8 Å². The lowest BCUT2D eigenvalue weighted by Crippen LogP contribution is -2.57. The normalized spacial score (nSPS) is 21.8. The second-order valence-electron chi connectivity index (χ2n) is 5.25. The van der Waals surface area contributed by atoms with E-state index in [1.165, 1.54) is 0 Å². The van der Waals surface area contributed by atoms with Crippen molar-refractivity contribution in [3.05, 3.63) is 33.7 Å². The number of ether oxygens (including phenoxy) is 1. The zero-order chi connectivity index (χ0) is 15.7. The van der Waals surface area contributed by atoms with Crippen LogP contribution in [-0.4, -0.2) is 39.9 Å². The Balaban J connectivity index is 1.97. The molecule has 0 radical (unpaired) electrons. The summed E-state index contributed by atoms with van der Waals surface area (Å²) in [5, 5.41) is 4.39. The highest BCUT2D eigenvalue weighted by Gasteiger charge is 2.42. The molecule has 0 saturated carbocycles. The maximum Gasteiger partial charge on any atom is 0.255 e. The average Bonchev–Trinajstić information content (AvgIpc) is 2.98. The van der Waals surface area contributed by atoms with Gasteiger partial charge in [-0.15, -0.1) is 0 Å². The summed E-state index contributed by atoms with van der Waals surface area (Å²) in [6.07, 6.45) is 0. The van der Waals surface area contributed by atoms with Gasteiger partial charge in [0.2, 0.25) is 5.82 Å². The average molecular weight is 430 g/mol. The van der Waals surface area contributed by atoms with E-state index in [1.807, 2.05) is 36.1 Å². The molecule has 0 bridgehead atoms. The van der Waals surface area contributed by atoms with Crippen molar-refractivity contribution in [3.63, 3.8) is 0 Å². The van der Waals surface area contributed by atoms with Crippen LogP contribution < -0.4 is 5.73 Å². The van der Waals surface area contributed by atoms with Crippen LogP contribution in [0, 0.1) is 3.57 Å². The Morgan fingerprint density at radius 1 is 1.50 bits per heavy atom. The molecular formula is C14H15IN4O2S. The monoisotopic (exact) mass is 430 g/mol. The van der Waals surface area contributed by atoms with Crippen LogP contribution in [0.5, 0.6) is 0 Å². The van der Waals surface area contributed by atoms with E-state index in [1.54, 1.807) is 0 Å². The molecule has 2 heterocycles. The second-order valence-corrected chi connectivity index (χ2v) is 6.91. The predicted octanol–water partition coefficient (Wildman–Crippen LogP) is 2.13. The number of thiocarbonyl (C=S) groups is 1. The van der Waals surface area contributed by atoms with Crippen LogP contribution in [0.3, 0.4) is 0 Å². The topological polar surface area (TPSA) is 77.4 Å². The third-order valence-corrected chi connectivity index (χ3v) is 4.57. The zero-order valence-corrected chi connectivity index (χ0v) is 14.9. The van der Waals surface area contributed by atoms with Crippen molar-refractivity contribution >= 4 is 39.9 Å². The van der Waals surface area contributed by atoms with Gasteiger partial charge in [0.15, 0.2) is 5.11 Å². The highest BCUT2D eigenvalue weighted by molar-refractivity contribution is 14.1. The Kier molecular flexibility index (Phi) is 4.33. The van der Waals surface area contributed by atoms with Gasteiger partial charge < -0.3 is 19.9 Å². The maximum absolute atomic E-state index is 5.83. The van der Waals surface area contributed by atoms with Gasteiger partial charge in [0.1, 0.15) is 5.54 Å². The number of morpholine rings is 1. The number of nitrogens with two attached hydrogens (primary N) is 1. The third kappa shape index (κ3) is 2.82. The van der Waals surface area contributed by atoms with Gasteiger partial charge in [0, 0.05) is 15.7 Å². The molecule has 0 spiro atoms. The van der Waals surface area contributed by atoms with Crippen molar-refractivity contribution in [1.82, 2.24) is 15.0 Å². The highest BCUT2D eigenvalue weighted by Crippen LogP contribution is 2.31. The van der Waals surface area contributed by atoms with E-state index in [0.717, 1.165) is 9.13 Å². The predicted molar refractivity (Wildman–Crippen MR) is 94.1 cm³/mol. The van der Waals surface area contributed by atoms with E-state index in [2.05, 4.69) is 32.7 Å². The molecule has 1 aromatic carbocycles. The summed E-state index contributed by atoms with van der Waals surface area (Å²) in [7, 11) is 0. The number of aromatic nitrogens is 2. The molecule has 22 heavy (non-hydrogen) atoms. The SMILES string of the molecule is CC1(c2nc(-c3cccc(I)c3)no2)COCCN1C(N)=S. The lowest BCUT2D eigenvalue weighted by molar-refractivity contribution is -0.0412. The van der Waals surface area contributed by atoms with Crippen LogP contribution in [0.4, 0.5) is 0 Å². The first kappa shape index (κ1) is 15.6. The van der Waals surface area contributed by atoms with E-state index in [4.69, 9.17) is 27.2 Å². The molecule has 6 nitrogen and oxygen atoms in total. The summed E-state index contributed by atoms with van der Waals surface area (Å²) in [5.74, 6) is 0.997. The number of hydrogen-bond donors (Lipinski definition) is 1. The quantitative estimate of drug-likeness (QED) is 0.578. The number of halogens is 1. The van der Waals surface area contributed by atoms with Gasteiger partial charge in [-0.25, -0.2) is 0 Å². The van der Waals surface area contributed by atoms with Gasteiger partial charge in [0.25, 0.3) is 5.89 Å². The zero-order valence-electron chi connectivity index (χ0n) is 12.0. The molecule has 2 aromatic rings.